The largest absolute Gasteiger partial charge is 0.394 e. The molecule has 2 fully saturated rings. The number of halogens is 2. The van der Waals surface area contributed by atoms with Gasteiger partial charge in [0.05, 0.1) is 13.2 Å². The molecule has 0 spiro atoms. The summed E-state index contributed by atoms with van der Waals surface area (Å²) in [5.41, 5.74) is 7.01. The second-order valence-corrected chi connectivity index (χ2v) is 18.2. The van der Waals surface area contributed by atoms with Gasteiger partial charge in [0.2, 0.25) is 0 Å². The van der Waals surface area contributed by atoms with Gasteiger partial charge in [0.15, 0.2) is 0 Å². The molecule has 2 aliphatic rings. The molecule has 4 aromatic carbocycles. The highest BCUT2D eigenvalue weighted by atomic mass is 32.1. The highest BCUT2D eigenvalue weighted by Gasteiger charge is 2.48. The minimum Gasteiger partial charge on any atom is -0.394 e. The molecule has 2 saturated heterocycles. The monoisotopic (exact) mass is 870 g/mol. The van der Waals surface area contributed by atoms with Crippen molar-refractivity contribution < 1.29 is 53.6 Å². The Morgan fingerprint density at radius 1 is 0.541 bits per heavy atom. The van der Waals surface area contributed by atoms with E-state index in [1.165, 1.54) is 24.3 Å². The van der Waals surface area contributed by atoms with Gasteiger partial charge in [-0.25, -0.2) is 8.78 Å². The van der Waals surface area contributed by atoms with Crippen LogP contribution in [-0.2, 0) is 27.1 Å². The number of hydrogen-bond donors (Lipinski definition) is 6. The van der Waals surface area contributed by atoms with Crippen molar-refractivity contribution in [2.45, 2.75) is 87.7 Å². The first kappa shape index (κ1) is 43.4. The normalized spacial score (nSPS) is 26.7. The highest BCUT2D eigenvalue weighted by molar-refractivity contribution is 7.15. The number of ether oxygens (including phenoxy) is 3. The second-order valence-electron chi connectivity index (χ2n) is 15.9. The molecular weight excluding hydrogens is 823 g/mol. The first-order chi connectivity index (χ1) is 29.4. The van der Waals surface area contributed by atoms with E-state index in [-0.39, 0.29) is 18.2 Å². The Kier molecular flexibility index (Phi) is 13.3. The van der Waals surface area contributed by atoms with Crippen molar-refractivity contribution in [3.63, 3.8) is 0 Å². The summed E-state index contributed by atoms with van der Waals surface area (Å²) in [6.07, 6.45) is -11.9. The van der Waals surface area contributed by atoms with Crippen molar-refractivity contribution in [3.8, 4) is 20.9 Å². The third-order valence-corrected chi connectivity index (χ3v) is 14.0. The van der Waals surface area contributed by atoms with Gasteiger partial charge in [-0.3, -0.25) is 0 Å². The molecule has 4 heterocycles. The topological polar surface area (TPSA) is 149 Å². The maximum absolute atomic E-state index is 13.5. The fourth-order valence-corrected chi connectivity index (χ4v) is 10.2. The molecule has 61 heavy (non-hydrogen) atoms. The van der Waals surface area contributed by atoms with Crippen LogP contribution in [0.1, 0.15) is 55.3 Å². The Labute approximate surface area is 360 Å². The van der Waals surface area contributed by atoms with Crippen LogP contribution in [0.15, 0.2) is 109 Å². The quantitative estimate of drug-likeness (QED) is 0.0767. The van der Waals surface area contributed by atoms with Crippen molar-refractivity contribution in [2.75, 3.05) is 13.2 Å². The maximum Gasteiger partial charge on any atom is 0.123 e. The molecule has 0 saturated carbocycles. The first-order valence-electron chi connectivity index (χ1n) is 20.2. The predicted molar refractivity (Wildman–Crippen MR) is 229 cm³/mol. The van der Waals surface area contributed by atoms with E-state index < -0.39 is 67.6 Å². The highest BCUT2D eigenvalue weighted by Crippen LogP contribution is 2.39. The van der Waals surface area contributed by atoms with E-state index in [1.807, 2.05) is 74.5 Å². The van der Waals surface area contributed by atoms with Crippen molar-refractivity contribution in [1.82, 2.24) is 0 Å². The number of aryl methyl sites for hydroxylation is 2. The van der Waals surface area contributed by atoms with E-state index in [1.54, 1.807) is 46.9 Å². The number of thiophene rings is 2. The van der Waals surface area contributed by atoms with Crippen LogP contribution in [0.4, 0.5) is 8.78 Å². The van der Waals surface area contributed by atoms with Crippen molar-refractivity contribution in [3.05, 3.63) is 164 Å². The number of benzene rings is 4. The third-order valence-electron chi connectivity index (χ3n) is 11.7. The summed E-state index contributed by atoms with van der Waals surface area (Å²) in [5.74, 6) is -0.597. The first-order valence-corrected chi connectivity index (χ1v) is 21.8. The van der Waals surface area contributed by atoms with Crippen LogP contribution in [-0.4, -0.2) is 92.7 Å². The van der Waals surface area contributed by atoms with Crippen LogP contribution >= 0.6 is 22.7 Å². The molecule has 2 aliphatic heterocycles. The summed E-state index contributed by atoms with van der Waals surface area (Å²) in [5, 5.41) is 66.0. The Balaban J connectivity index is 0.994. The standard InChI is InChI=1S/C48H48F2O9S2/c1-25-3-5-29(19-31(25)21-35-15-17-39(60-35)27-7-11-33(49)12-8-27)46-45(56)43(54)42(53)38(59-46)24-57-48-44(55)41(52)37(23-51)58-47(48)30-6-4-26(2)32(20-30)22-36-16-18-40(61-36)28-9-13-34(50)14-10-28/h3-20,37-38,41-48,51-56H,21-24H2,1-2H3/t37?,38?,41-,42-,43?,44?,45?,46-,47+,48?/m1/s1. The van der Waals surface area contributed by atoms with Gasteiger partial charge in [-0.2, -0.15) is 0 Å². The average Bonchev–Trinajstić information content (AvgIpc) is 3.93. The molecule has 0 bridgehead atoms. The Bertz CT molecular complexity index is 2420. The van der Waals surface area contributed by atoms with Crippen LogP contribution in [0.2, 0.25) is 0 Å². The van der Waals surface area contributed by atoms with E-state index in [9.17, 15) is 39.4 Å². The molecule has 6 aromatic rings. The molecule has 9 nitrogen and oxygen atoms in total. The van der Waals surface area contributed by atoms with Gasteiger partial charge >= 0.3 is 0 Å². The van der Waals surface area contributed by atoms with Crippen LogP contribution in [0, 0.1) is 25.5 Å². The Morgan fingerprint density at radius 3 is 1.52 bits per heavy atom. The molecule has 13 heteroatoms. The fraction of sp³-hybridized carbons (Fsp3) is 0.333. The van der Waals surface area contributed by atoms with Gasteiger partial charge < -0.3 is 44.8 Å². The minimum atomic E-state index is -1.60. The molecule has 6 N–H and O–H groups in total. The lowest BCUT2D eigenvalue weighted by Crippen LogP contribution is -2.58. The minimum absolute atomic E-state index is 0.297. The molecule has 2 aromatic heterocycles. The molecule has 0 amide bonds. The van der Waals surface area contributed by atoms with E-state index in [0.717, 1.165) is 52.9 Å². The Hall–Kier alpha value is -4.22. The molecule has 6 unspecified atom stereocenters. The summed E-state index contributed by atoms with van der Waals surface area (Å²) in [6, 6.07) is 32.1. The summed E-state index contributed by atoms with van der Waals surface area (Å²) in [4.78, 5) is 4.15. The summed E-state index contributed by atoms with van der Waals surface area (Å²) in [6.45, 7) is 3.06. The zero-order valence-electron chi connectivity index (χ0n) is 33.5. The Morgan fingerprint density at radius 2 is 1.02 bits per heavy atom. The van der Waals surface area contributed by atoms with Crippen molar-refractivity contribution in [1.29, 1.82) is 0 Å². The lowest BCUT2D eigenvalue weighted by atomic mass is 9.88. The zero-order valence-corrected chi connectivity index (χ0v) is 35.1. The van der Waals surface area contributed by atoms with Crippen LogP contribution < -0.4 is 0 Å². The van der Waals surface area contributed by atoms with Crippen LogP contribution in [0.3, 0.4) is 0 Å². The molecule has 8 rings (SSSR count). The summed E-state index contributed by atoms with van der Waals surface area (Å²) < 4.78 is 45.9. The third kappa shape index (κ3) is 9.43. The van der Waals surface area contributed by atoms with Gasteiger partial charge in [0.1, 0.15) is 72.7 Å². The molecule has 10 atom stereocenters. The van der Waals surface area contributed by atoms with E-state index >= 15 is 0 Å². The lowest BCUT2D eigenvalue weighted by molar-refractivity contribution is -0.269. The van der Waals surface area contributed by atoms with Gasteiger partial charge in [-0.1, -0.05) is 60.7 Å². The van der Waals surface area contributed by atoms with Gasteiger partial charge in [0, 0.05) is 32.4 Å². The second kappa shape index (κ2) is 18.6. The number of rotatable bonds is 12. The molecule has 0 radical (unpaired) electrons. The molecule has 320 valence electrons. The zero-order chi connectivity index (χ0) is 42.9. The van der Waals surface area contributed by atoms with Gasteiger partial charge in [-0.05, 0) is 107 Å². The van der Waals surface area contributed by atoms with E-state index in [0.29, 0.717) is 24.0 Å². The number of aliphatic hydroxyl groups is 6. The summed E-state index contributed by atoms with van der Waals surface area (Å²) in [7, 11) is 0. The van der Waals surface area contributed by atoms with Crippen molar-refractivity contribution in [2.24, 2.45) is 0 Å². The summed E-state index contributed by atoms with van der Waals surface area (Å²) >= 11 is 3.19. The SMILES string of the molecule is Cc1ccc([C@H]2OC(COC3C(O)[C@H](O)C(CO)O[C@H]3c3ccc(C)c(Cc4ccc(-c5ccc(F)cc5)s4)c3)[C@@H](O)C(O)C2O)cc1Cc1ccc(-c2ccc(F)cc2)s1. The predicted octanol–water partition coefficient (Wildman–Crippen LogP) is 6.98. The molecular formula is C48H48F2O9S2. The lowest BCUT2D eigenvalue weighted by Gasteiger charge is -2.44. The van der Waals surface area contributed by atoms with E-state index in [4.69, 9.17) is 14.2 Å². The van der Waals surface area contributed by atoms with Crippen molar-refractivity contribution >= 4 is 22.7 Å². The van der Waals surface area contributed by atoms with Gasteiger partial charge in [-0.15, -0.1) is 22.7 Å². The smallest absolute Gasteiger partial charge is 0.123 e. The van der Waals surface area contributed by atoms with Crippen LogP contribution in [0.5, 0.6) is 0 Å². The fourth-order valence-electron chi connectivity index (χ4n) is 8.09. The van der Waals surface area contributed by atoms with E-state index in [2.05, 4.69) is 0 Å². The maximum atomic E-state index is 13.5. The average molecular weight is 871 g/mol. The number of aliphatic hydroxyl groups excluding tert-OH is 6. The molecule has 0 aliphatic carbocycles. The number of hydrogen-bond acceptors (Lipinski definition) is 11. The van der Waals surface area contributed by atoms with Gasteiger partial charge in [0.25, 0.3) is 0 Å². The van der Waals surface area contributed by atoms with Crippen LogP contribution in [0.25, 0.3) is 20.9 Å².